The Bertz CT molecular complexity index is 224. The summed E-state index contributed by atoms with van der Waals surface area (Å²) >= 11 is 0. The summed E-state index contributed by atoms with van der Waals surface area (Å²) in [6.45, 7) is 8.25. The minimum Gasteiger partial charge on any atom is -0.403 e. The van der Waals surface area contributed by atoms with Crippen molar-refractivity contribution in [1.29, 1.82) is 0 Å². The normalized spacial score (nSPS) is 23.5. The first-order chi connectivity index (χ1) is 6.39. The van der Waals surface area contributed by atoms with Gasteiger partial charge in [0.2, 0.25) is 0 Å². The van der Waals surface area contributed by atoms with E-state index in [-0.39, 0.29) is 18.3 Å². The van der Waals surface area contributed by atoms with Crippen LogP contribution in [-0.4, -0.2) is 18.3 Å². The van der Waals surface area contributed by atoms with Gasteiger partial charge in [-0.3, -0.25) is 0 Å². The maximum Gasteiger partial charge on any atom is 0.457 e. The molecule has 0 amide bonds. The van der Waals surface area contributed by atoms with E-state index in [1.54, 1.807) is 0 Å². The molecule has 0 aromatic rings. The van der Waals surface area contributed by atoms with Gasteiger partial charge in [0.1, 0.15) is 0 Å². The highest BCUT2D eigenvalue weighted by atomic mass is 16.7. The molecule has 3 heteroatoms. The molecule has 1 rings (SSSR count). The summed E-state index contributed by atoms with van der Waals surface area (Å²) in [6, 6.07) is 0. The molecule has 0 spiro atoms. The Morgan fingerprint density at radius 1 is 1.14 bits per heavy atom. The van der Waals surface area contributed by atoms with Crippen LogP contribution in [0.1, 0.15) is 40.5 Å². The van der Waals surface area contributed by atoms with Crippen LogP contribution < -0.4 is 0 Å². The van der Waals surface area contributed by atoms with Gasteiger partial charge < -0.3 is 9.31 Å². The molecule has 2 nitrogen and oxygen atoms in total. The van der Waals surface area contributed by atoms with E-state index in [2.05, 4.69) is 33.6 Å². The van der Waals surface area contributed by atoms with Crippen LogP contribution in [0.5, 0.6) is 0 Å². The summed E-state index contributed by atoms with van der Waals surface area (Å²) < 4.78 is 11.6. The molecule has 1 aliphatic heterocycles. The molecule has 1 heterocycles. The predicted molar refractivity (Wildman–Crippen MR) is 59.0 cm³/mol. The predicted octanol–water partition coefficient (Wildman–Crippen LogP) is 2.49. The lowest BCUT2D eigenvalue weighted by Crippen LogP contribution is -2.41. The van der Waals surface area contributed by atoms with Crippen LogP contribution in [0.2, 0.25) is 6.32 Å². The maximum atomic E-state index is 5.82. The van der Waals surface area contributed by atoms with Crippen LogP contribution in [0.25, 0.3) is 0 Å². The van der Waals surface area contributed by atoms with Crippen LogP contribution in [0.3, 0.4) is 0 Å². The molecule has 14 heavy (non-hydrogen) atoms. The summed E-state index contributed by atoms with van der Waals surface area (Å²) in [5, 5.41) is 0. The van der Waals surface area contributed by atoms with Crippen molar-refractivity contribution in [3.63, 3.8) is 0 Å². The monoisotopic (exact) mass is 194 g/mol. The van der Waals surface area contributed by atoms with E-state index in [1.807, 2.05) is 0 Å². The van der Waals surface area contributed by atoms with Crippen LogP contribution >= 0.6 is 0 Å². The number of hydrogen-bond donors (Lipinski definition) is 0. The van der Waals surface area contributed by atoms with Crippen molar-refractivity contribution in [2.45, 2.75) is 58.1 Å². The van der Waals surface area contributed by atoms with E-state index < -0.39 is 0 Å². The van der Waals surface area contributed by atoms with Gasteiger partial charge in [-0.25, -0.2) is 0 Å². The van der Waals surface area contributed by atoms with Crippen molar-refractivity contribution in [1.82, 2.24) is 0 Å². The van der Waals surface area contributed by atoms with Crippen molar-refractivity contribution >= 4 is 7.12 Å². The van der Waals surface area contributed by atoms with Crippen LogP contribution in [0.15, 0.2) is 0 Å². The van der Waals surface area contributed by atoms with E-state index in [0.29, 0.717) is 0 Å². The average Bonchev–Trinajstić information content (AvgIpc) is 2.21. The van der Waals surface area contributed by atoms with Gasteiger partial charge in [0.15, 0.2) is 0 Å². The molecule has 0 unspecified atom stereocenters. The Hall–Kier alpha value is -0.455. The minimum atomic E-state index is -0.214. The molecule has 0 radical (unpaired) electrons. The SMILES string of the molecule is C#CCCCB1OC(C)(C)C(C)(C)O1. The van der Waals surface area contributed by atoms with Gasteiger partial charge in [0.05, 0.1) is 11.2 Å². The van der Waals surface area contributed by atoms with Gasteiger partial charge in [-0.15, -0.1) is 12.3 Å². The van der Waals surface area contributed by atoms with Gasteiger partial charge in [-0.05, 0) is 40.4 Å². The van der Waals surface area contributed by atoms with E-state index in [1.165, 1.54) is 0 Å². The Labute approximate surface area is 87.5 Å². The molecule has 0 aliphatic carbocycles. The quantitative estimate of drug-likeness (QED) is 0.390. The summed E-state index contributed by atoms with van der Waals surface area (Å²) in [6.07, 6.45) is 7.84. The van der Waals surface area contributed by atoms with Crippen LogP contribution in [0.4, 0.5) is 0 Å². The van der Waals surface area contributed by atoms with Gasteiger partial charge in [-0.2, -0.15) is 0 Å². The maximum absolute atomic E-state index is 5.82. The highest BCUT2D eigenvalue weighted by Gasteiger charge is 2.50. The fraction of sp³-hybridized carbons (Fsp3) is 0.818. The van der Waals surface area contributed by atoms with Gasteiger partial charge in [-0.1, -0.05) is 0 Å². The summed E-state index contributed by atoms with van der Waals surface area (Å²) in [5.41, 5.74) is -0.429. The Balaban J connectivity index is 2.44. The average molecular weight is 194 g/mol. The van der Waals surface area contributed by atoms with E-state index in [9.17, 15) is 0 Å². The lowest BCUT2D eigenvalue weighted by Gasteiger charge is -2.32. The molecule has 0 N–H and O–H groups in total. The van der Waals surface area contributed by atoms with Crippen molar-refractivity contribution in [3.8, 4) is 12.3 Å². The zero-order chi connectivity index (χ0) is 10.8. The molecule has 78 valence electrons. The smallest absolute Gasteiger partial charge is 0.403 e. The summed E-state index contributed by atoms with van der Waals surface area (Å²) in [4.78, 5) is 0. The van der Waals surface area contributed by atoms with Crippen LogP contribution in [0, 0.1) is 12.3 Å². The minimum absolute atomic E-state index is 0.0895. The second kappa shape index (κ2) is 3.96. The second-order valence-corrected chi connectivity index (χ2v) is 4.78. The first-order valence-electron chi connectivity index (χ1n) is 5.18. The topological polar surface area (TPSA) is 18.5 Å². The zero-order valence-electron chi connectivity index (χ0n) is 9.59. The van der Waals surface area contributed by atoms with Gasteiger partial charge in [0.25, 0.3) is 0 Å². The number of rotatable bonds is 3. The fourth-order valence-corrected chi connectivity index (χ4v) is 1.45. The third-order valence-corrected chi connectivity index (χ3v) is 3.06. The molecule has 0 atom stereocenters. The fourth-order valence-electron chi connectivity index (χ4n) is 1.45. The first kappa shape index (κ1) is 11.6. The largest absolute Gasteiger partial charge is 0.457 e. The van der Waals surface area contributed by atoms with Gasteiger partial charge in [0, 0.05) is 6.42 Å². The highest BCUT2D eigenvalue weighted by Crippen LogP contribution is 2.37. The number of terminal acetylenes is 1. The Morgan fingerprint density at radius 3 is 2.07 bits per heavy atom. The van der Waals surface area contributed by atoms with E-state index in [4.69, 9.17) is 15.7 Å². The van der Waals surface area contributed by atoms with Gasteiger partial charge >= 0.3 is 7.12 Å². The first-order valence-corrected chi connectivity index (χ1v) is 5.18. The van der Waals surface area contributed by atoms with Crippen molar-refractivity contribution < 1.29 is 9.31 Å². The lowest BCUT2D eigenvalue weighted by atomic mass is 9.82. The number of unbranched alkanes of at least 4 members (excludes halogenated alkanes) is 1. The summed E-state index contributed by atoms with van der Waals surface area (Å²) in [7, 11) is -0.0895. The van der Waals surface area contributed by atoms with E-state index >= 15 is 0 Å². The third kappa shape index (κ3) is 2.32. The molecular weight excluding hydrogens is 175 g/mol. The summed E-state index contributed by atoms with van der Waals surface area (Å²) in [5.74, 6) is 2.62. The number of hydrogen-bond acceptors (Lipinski definition) is 2. The standard InChI is InChI=1S/C11H19BO2/c1-6-7-8-9-12-13-10(2,3)11(4,5)14-12/h1H,7-9H2,2-5H3. The lowest BCUT2D eigenvalue weighted by molar-refractivity contribution is 0.00578. The molecule has 0 aromatic heterocycles. The molecular formula is C11H19BO2. The second-order valence-electron chi connectivity index (χ2n) is 4.78. The molecule has 0 aromatic carbocycles. The Morgan fingerprint density at radius 2 is 1.64 bits per heavy atom. The zero-order valence-corrected chi connectivity index (χ0v) is 9.59. The van der Waals surface area contributed by atoms with Crippen molar-refractivity contribution in [2.24, 2.45) is 0 Å². The Kier molecular flexibility index (Phi) is 3.29. The molecule has 0 bridgehead atoms. The van der Waals surface area contributed by atoms with Crippen LogP contribution in [-0.2, 0) is 9.31 Å². The highest BCUT2D eigenvalue weighted by molar-refractivity contribution is 6.45. The molecule has 1 aliphatic rings. The van der Waals surface area contributed by atoms with Crippen molar-refractivity contribution in [3.05, 3.63) is 0 Å². The van der Waals surface area contributed by atoms with Crippen molar-refractivity contribution in [2.75, 3.05) is 0 Å². The molecule has 1 fully saturated rings. The molecule has 0 saturated carbocycles. The third-order valence-electron chi connectivity index (χ3n) is 3.06. The van der Waals surface area contributed by atoms with E-state index in [0.717, 1.165) is 19.2 Å². The molecule has 1 saturated heterocycles.